The SMILES string of the molecule is C.C.CCCC(=O)c1c2oc3cc(OS(=O)(=O)[O-])c(Cl)cc3nc-2ccc1=O.CCCCCCCC(=O)Oc1cc2oc3c(C(=O)CCC)c(=O)ccc-3nc2cc1Cl.CCCCN1C(=O)CC(SCOC=O)C1=O.CCCCN1C(=O)CC(SCOC=O)C1=O.CCSC1CC(=O)N(CCCCNC(=O)c2ccc3c(c2)C(=O)OC32c3cc(Cl)c(O[O-])cc3Oc3cc(OP(=O)([O-])[O-])c(Cl)cc32)C1=O.O=P[O-].[Na+]. The molecular formula is C93H99Cl4N6NaO34P2S4-4. The molecule has 14 rings (SSSR count). The van der Waals surface area contributed by atoms with E-state index >= 15 is 0 Å². The van der Waals surface area contributed by atoms with Crippen molar-refractivity contribution in [1.82, 2.24) is 30.0 Å². The molecule has 0 aromatic heterocycles. The van der Waals surface area contributed by atoms with E-state index in [1.54, 1.807) is 13.0 Å². The number of unbranched alkanes of at least 4 members (excludes halogenated alkanes) is 7. The van der Waals surface area contributed by atoms with Gasteiger partial charge in [-0.05, 0) is 111 Å². The van der Waals surface area contributed by atoms with Crippen LogP contribution >= 0.6 is 98.2 Å². The molecule has 0 saturated carbocycles. The third kappa shape index (κ3) is 32.0. The first-order valence-corrected chi connectivity index (χ1v) is 51.9. The van der Waals surface area contributed by atoms with Gasteiger partial charge in [0.15, 0.2) is 62.2 Å². The van der Waals surface area contributed by atoms with Crippen LogP contribution in [0.25, 0.3) is 45.1 Å². The van der Waals surface area contributed by atoms with Gasteiger partial charge in [-0.3, -0.25) is 86.4 Å². The fraction of sp³-hybridized carbons (Fsp3) is 0.409. The number of aromatic nitrogens is 2. The summed E-state index contributed by atoms with van der Waals surface area (Å²) in [5.41, 5.74) is -0.692. The van der Waals surface area contributed by atoms with Crippen LogP contribution in [0.15, 0.2) is 109 Å². The van der Waals surface area contributed by atoms with E-state index in [4.69, 9.17) is 78.9 Å². The van der Waals surface area contributed by atoms with Gasteiger partial charge in [0, 0.05) is 111 Å². The van der Waals surface area contributed by atoms with Crippen molar-refractivity contribution < 1.29 is 180 Å². The van der Waals surface area contributed by atoms with Crippen molar-refractivity contribution in [2.45, 2.75) is 200 Å². The summed E-state index contributed by atoms with van der Waals surface area (Å²) in [6, 6.07) is 19.7. The molecule has 9 aliphatic rings. The fourth-order valence-electron chi connectivity index (χ4n) is 14.9. The minimum Gasteiger partial charge on any atom is -0.780 e. The van der Waals surface area contributed by atoms with E-state index in [1.165, 1.54) is 117 Å². The molecule has 0 bridgehead atoms. The van der Waals surface area contributed by atoms with Crippen molar-refractivity contribution >= 4 is 209 Å². The van der Waals surface area contributed by atoms with Gasteiger partial charge < -0.3 is 80.5 Å². The number of thioether (sulfide) groups is 3. The van der Waals surface area contributed by atoms with Crippen molar-refractivity contribution in [3.8, 4) is 57.4 Å². The Kier molecular flexibility index (Phi) is 49.3. The molecule has 1 N–H and O–H groups in total. The Labute approximate surface area is 883 Å². The number of phosphoric acid groups is 1. The second kappa shape index (κ2) is 57.9. The topological polar surface area (TPSA) is 587 Å². The number of hydrogen-bond donors (Lipinski definition) is 1. The predicted molar refractivity (Wildman–Crippen MR) is 520 cm³/mol. The Morgan fingerprint density at radius 2 is 1.01 bits per heavy atom. The number of esters is 2. The number of amides is 7. The largest absolute Gasteiger partial charge is 1.00 e. The maximum absolute atomic E-state index is 13.5. The summed E-state index contributed by atoms with van der Waals surface area (Å²) in [4.78, 5) is 227. The molecule has 4 atom stereocenters. The van der Waals surface area contributed by atoms with E-state index in [-0.39, 0.29) is 286 Å². The van der Waals surface area contributed by atoms with Crippen LogP contribution in [0, 0.1) is 0 Å². The van der Waals surface area contributed by atoms with Gasteiger partial charge >= 0.3 is 41.5 Å². The molecule has 4 unspecified atom stereocenters. The van der Waals surface area contributed by atoms with Crippen LogP contribution in [0.2, 0.25) is 20.1 Å². The number of imide groups is 3. The van der Waals surface area contributed by atoms with E-state index in [0.717, 1.165) is 81.7 Å². The molecule has 772 valence electrons. The minimum atomic E-state index is -5.55. The molecule has 1 spiro atoms. The zero-order valence-electron chi connectivity index (χ0n) is 77.1. The first-order chi connectivity index (χ1) is 67.2. The molecule has 51 heteroatoms. The van der Waals surface area contributed by atoms with Gasteiger partial charge in [0.05, 0.1) is 50.1 Å². The number of phosphoric ester groups is 1. The molecule has 0 radical (unpaired) electrons. The van der Waals surface area contributed by atoms with E-state index in [9.17, 15) is 104 Å². The average molecular weight is 2200 g/mol. The molecule has 7 heterocycles. The first-order valence-electron chi connectivity index (χ1n) is 43.8. The summed E-state index contributed by atoms with van der Waals surface area (Å²) in [7, 11) is -11.7. The van der Waals surface area contributed by atoms with E-state index < -0.39 is 66.7 Å². The molecule has 5 aromatic carbocycles. The number of carbonyl (C=O) groups excluding carboxylic acids is 13. The van der Waals surface area contributed by atoms with Gasteiger partial charge in [0.25, 0.3) is 29.3 Å². The second-order valence-electron chi connectivity index (χ2n) is 31.1. The van der Waals surface area contributed by atoms with Gasteiger partial charge in [-0.25, -0.2) is 23.2 Å². The Morgan fingerprint density at radius 1 is 0.562 bits per heavy atom. The molecule has 40 nitrogen and oxygen atoms in total. The normalized spacial score (nSPS) is 15.8. The number of nitrogens with one attached hydrogen (secondary N) is 1. The Bertz CT molecular complexity index is 6380. The average Bonchev–Trinajstić information content (AvgIpc) is 1.51. The maximum Gasteiger partial charge on any atom is 1.00 e. The van der Waals surface area contributed by atoms with Crippen molar-refractivity contribution in [3.63, 3.8) is 0 Å². The van der Waals surface area contributed by atoms with Crippen LogP contribution in [-0.4, -0.2) is 175 Å². The predicted octanol–water partition coefficient (Wildman–Crippen LogP) is 11.2. The van der Waals surface area contributed by atoms with Gasteiger partial charge in [0.2, 0.25) is 35.4 Å². The van der Waals surface area contributed by atoms with E-state index in [0.29, 0.717) is 69.3 Å². The van der Waals surface area contributed by atoms with Crippen LogP contribution in [-0.2, 0) is 82.5 Å². The number of likely N-dealkylation sites (tertiary alicyclic amines) is 3. The summed E-state index contributed by atoms with van der Waals surface area (Å²) in [5.74, 6) is -3.63. The third-order valence-electron chi connectivity index (χ3n) is 21.4. The van der Waals surface area contributed by atoms with E-state index in [1.807, 2.05) is 27.7 Å². The zero-order valence-corrected chi connectivity index (χ0v) is 87.2. The van der Waals surface area contributed by atoms with Crippen LogP contribution in [0.4, 0.5) is 0 Å². The summed E-state index contributed by atoms with van der Waals surface area (Å²) in [6.07, 6.45) is 12.1. The zero-order chi connectivity index (χ0) is 103. The number of nitrogens with zero attached hydrogens (tertiary/aromatic N) is 5. The number of Topliss-reactive ketones (excluding diaryl/α,β-unsaturated/α-hetero) is 2. The summed E-state index contributed by atoms with van der Waals surface area (Å²) in [5, 5.41) is 12.5. The van der Waals surface area contributed by atoms with E-state index in [2.05, 4.69) is 45.3 Å². The number of carbonyl (C=O) groups is 13. The molecule has 144 heavy (non-hydrogen) atoms. The van der Waals surface area contributed by atoms with Gasteiger partial charge in [-0.15, -0.1) is 35.3 Å². The van der Waals surface area contributed by atoms with Gasteiger partial charge in [-0.2, -0.15) is 0 Å². The number of hydrogen-bond acceptors (Lipinski definition) is 39. The summed E-state index contributed by atoms with van der Waals surface area (Å²) in [6.45, 7) is 13.9. The van der Waals surface area contributed by atoms with Crippen molar-refractivity contribution in [3.05, 3.63) is 170 Å². The standard InChI is InChI=1S/C31H27Cl2N2O12PS.C24H26ClNO5.C16H12ClNO7S.2C10H15NO4S.2CH4.Na.HO2P/c1-2-49-26-14-27(36)35(29(26)38)8-4-3-7-34-28(37)15-5-6-17-16(9-15)30(39)45-31(17)18-10-20(32)24(46-40)12-22(18)44-23-13-25(47-48(41,42)43)21(33)11-19(23)31;1-3-5-6-7-8-10-22(29)30-20-14-21-17(13-15(20)25)26-16-11-12-19(28)23(24(16)31-21)18(27)9-4-2;1-2-3-11(19)15-12(20)5-4-9-16(15)24-14-7-13(25-26(21,22)23)8(17)6-10(14)18-9;2*1-2-3-4-11-9(13)5-8(10(11)14)16-7-15-6-12;;;;1-3-2/h5-6,9-13,26,40H,2-4,7-8,14H2,1H3,(H,34,37)(H2,41,42,43);11-14H,3-10H2,1-2H3;4-7H,2-3H2,1H3,(H,21,22,23);2*6,8H,2-5,7H2,1H3;2*1H4;;(H,1,2)/q;;;;;;;+1;/p-5. The number of halogens is 4. The number of ether oxygens (including phenoxy) is 5. The minimum absolute atomic E-state index is 0. The monoisotopic (exact) mass is 2200 g/mol. The second-order valence-corrected chi connectivity index (χ2v) is 38.7. The Balaban J connectivity index is 0.000000290. The molecule has 3 saturated heterocycles. The Hall–Kier alpha value is -10.1. The summed E-state index contributed by atoms with van der Waals surface area (Å²) < 4.78 is 98.7. The molecule has 3 fully saturated rings. The molecule has 2 aliphatic carbocycles. The quantitative estimate of drug-likeness (QED) is 0.00295. The van der Waals surface area contributed by atoms with Crippen LogP contribution in [0.1, 0.15) is 237 Å². The Morgan fingerprint density at radius 3 is 1.46 bits per heavy atom. The number of fused-ring (bicyclic) bond motifs is 10. The van der Waals surface area contributed by atoms with Crippen LogP contribution < -0.4 is 88.7 Å². The van der Waals surface area contributed by atoms with Gasteiger partial charge in [-0.1, -0.05) is 147 Å². The smallest absolute Gasteiger partial charge is 0.780 e. The van der Waals surface area contributed by atoms with Crippen LogP contribution in [0.5, 0.6) is 34.5 Å². The first kappa shape index (κ1) is 123. The van der Waals surface area contributed by atoms with Crippen molar-refractivity contribution in [1.29, 1.82) is 0 Å². The van der Waals surface area contributed by atoms with Crippen molar-refractivity contribution in [2.24, 2.45) is 0 Å². The van der Waals surface area contributed by atoms with Crippen LogP contribution in [0.3, 0.4) is 0 Å². The summed E-state index contributed by atoms with van der Waals surface area (Å²) >= 11 is 28.6. The third-order valence-corrected chi connectivity index (χ3v) is 26.5. The molecular weight excluding hydrogens is 2100 g/mol. The molecule has 7 aliphatic heterocycles. The van der Waals surface area contributed by atoms with Gasteiger partial charge in [0.1, 0.15) is 76.2 Å². The maximum atomic E-state index is 13.5. The fourth-order valence-corrected chi connectivity index (χ4v) is 19.1. The molecule has 7 amide bonds. The number of benzene rings is 7. The number of rotatable bonds is 40. The molecule has 5 aromatic rings. The number of ketones is 2. The van der Waals surface area contributed by atoms with Crippen molar-refractivity contribution in [2.75, 3.05) is 43.8 Å².